The highest BCUT2D eigenvalue weighted by Gasteiger charge is 2.23. The number of nitrogens with one attached hydrogen (secondary N) is 1. The Kier molecular flexibility index (Phi) is 4.22. The first-order valence-electron chi connectivity index (χ1n) is 7.89. The molecule has 1 aromatic heterocycles. The van der Waals surface area contributed by atoms with Gasteiger partial charge in [-0.25, -0.2) is 4.98 Å². The van der Waals surface area contributed by atoms with Gasteiger partial charge in [0.15, 0.2) is 0 Å². The number of aromatic nitrogens is 2. The smallest absolute Gasteiger partial charge is 0.269 e. The summed E-state index contributed by atoms with van der Waals surface area (Å²) in [4.78, 5) is 28.5. The lowest BCUT2D eigenvalue weighted by Gasteiger charge is -2.29. The van der Waals surface area contributed by atoms with Crippen molar-refractivity contribution < 1.29 is 4.79 Å². The number of fused-ring (bicyclic) bond motifs is 1. The molecule has 0 saturated heterocycles. The van der Waals surface area contributed by atoms with E-state index >= 15 is 0 Å². The molecule has 1 aliphatic carbocycles. The third-order valence-electron chi connectivity index (χ3n) is 4.51. The van der Waals surface area contributed by atoms with Gasteiger partial charge in [0.25, 0.3) is 5.56 Å². The number of rotatable bonds is 3. The second-order valence-electron chi connectivity index (χ2n) is 6.11. The average molecular weight is 299 g/mol. The first-order chi connectivity index (χ1) is 10.6. The Bertz CT molecular complexity index is 738. The molecule has 0 aliphatic heterocycles. The fraction of sp³-hybridized carbons (Fsp3) is 0.471. The Morgan fingerprint density at radius 1 is 1.32 bits per heavy atom. The Morgan fingerprint density at radius 3 is 2.91 bits per heavy atom. The van der Waals surface area contributed by atoms with E-state index < -0.39 is 0 Å². The van der Waals surface area contributed by atoms with Crippen molar-refractivity contribution in [3.8, 4) is 0 Å². The van der Waals surface area contributed by atoms with Gasteiger partial charge in [-0.3, -0.25) is 14.2 Å². The second kappa shape index (κ2) is 6.30. The fourth-order valence-electron chi connectivity index (χ4n) is 3.20. The van der Waals surface area contributed by atoms with Crippen molar-refractivity contribution in [3.05, 3.63) is 40.8 Å². The summed E-state index contributed by atoms with van der Waals surface area (Å²) in [5.74, 6) is 0.404. The highest BCUT2D eigenvalue weighted by atomic mass is 16.2. The maximum Gasteiger partial charge on any atom is 0.269 e. The standard InChI is InChI=1S/C17H21N3O2/c1-12-6-2-3-7-13(12)19-16(21)11-20-15-9-5-4-8-14(15)18-10-17(20)22/h4-5,8-10,12-13H,2-3,6-7,11H2,1H3,(H,19,21)/t12-,13+/m1/s1. The molecule has 5 heteroatoms. The van der Waals surface area contributed by atoms with Crippen molar-refractivity contribution in [2.24, 2.45) is 5.92 Å². The van der Waals surface area contributed by atoms with Crippen molar-refractivity contribution in [2.45, 2.75) is 45.2 Å². The van der Waals surface area contributed by atoms with Gasteiger partial charge in [0.05, 0.1) is 17.2 Å². The molecule has 0 bridgehead atoms. The van der Waals surface area contributed by atoms with Crippen molar-refractivity contribution in [1.82, 2.24) is 14.9 Å². The third-order valence-corrected chi connectivity index (χ3v) is 4.51. The van der Waals surface area contributed by atoms with Crippen LogP contribution in [0.15, 0.2) is 35.3 Å². The molecule has 1 aromatic carbocycles. The van der Waals surface area contributed by atoms with Crippen LogP contribution < -0.4 is 10.9 Å². The summed E-state index contributed by atoms with van der Waals surface area (Å²) in [6, 6.07) is 7.60. The van der Waals surface area contributed by atoms with E-state index in [1.807, 2.05) is 24.3 Å². The molecular weight excluding hydrogens is 278 g/mol. The molecule has 1 N–H and O–H groups in total. The first kappa shape index (κ1) is 14.8. The lowest BCUT2D eigenvalue weighted by molar-refractivity contribution is -0.122. The Morgan fingerprint density at radius 2 is 2.09 bits per heavy atom. The van der Waals surface area contributed by atoms with Gasteiger partial charge in [0, 0.05) is 6.04 Å². The molecule has 1 amide bonds. The first-order valence-corrected chi connectivity index (χ1v) is 7.89. The van der Waals surface area contributed by atoms with E-state index in [-0.39, 0.29) is 24.1 Å². The average Bonchev–Trinajstić information content (AvgIpc) is 2.52. The molecule has 1 aliphatic rings. The highest BCUT2D eigenvalue weighted by molar-refractivity contribution is 5.80. The van der Waals surface area contributed by atoms with Crippen LogP contribution in [-0.4, -0.2) is 21.5 Å². The number of hydrogen-bond donors (Lipinski definition) is 1. The normalized spacial score (nSPS) is 21.7. The lowest BCUT2D eigenvalue weighted by atomic mass is 9.86. The van der Waals surface area contributed by atoms with E-state index in [4.69, 9.17) is 0 Å². The molecule has 1 heterocycles. The molecule has 2 aromatic rings. The minimum atomic E-state index is -0.245. The van der Waals surface area contributed by atoms with E-state index in [1.165, 1.54) is 17.2 Å². The van der Waals surface area contributed by atoms with Crippen LogP contribution >= 0.6 is 0 Å². The van der Waals surface area contributed by atoms with Crippen molar-refractivity contribution in [1.29, 1.82) is 0 Å². The summed E-state index contributed by atoms with van der Waals surface area (Å²) in [6.07, 6.45) is 5.86. The Hall–Kier alpha value is -2.17. The van der Waals surface area contributed by atoms with Gasteiger partial charge in [-0.2, -0.15) is 0 Å². The third kappa shape index (κ3) is 3.03. The predicted octanol–water partition coefficient (Wildman–Crippen LogP) is 2.09. The molecule has 1 fully saturated rings. The van der Waals surface area contributed by atoms with Crippen LogP contribution in [0, 0.1) is 5.92 Å². The van der Waals surface area contributed by atoms with Crippen molar-refractivity contribution in [3.63, 3.8) is 0 Å². The maximum atomic E-state index is 12.3. The molecule has 3 rings (SSSR count). The monoisotopic (exact) mass is 299 g/mol. The molecule has 0 unspecified atom stereocenters. The zero-order chi connectivity index (χ0) is 15.5. The SMILES string of the molecule is C[C@@H]1CCCC[C@@H]1NC(=O)Cn1c(=O)cnc2ccccc21. The van der Waals surface area contributed by atoms with Gasteiger partial charge in [-0.05, 0) is 30.9 Å². The Balaban J connectivity index is 1.79. The molecule has 0 spiro atoms. The van der Waals surface area contributed by atoms with Crippen LogP contribution in [0.2, 0.25) is 0 Å². The van der Waals surface area contributed by atoms with Crippen LogP contribution in [0.3, 0.4) is 0 Å². The number of benzene rings is 1. The van der Waals surface area contributed by atoms with E-state index in [1.54, 1.807) is 0 Å². The predicted molar refractivity (Wildman–Crippen MR) is 85.6 cm³/mol. The zero-order valence-corrected chi connectivity index (χ0v) is 12.8. The summed E-state index contributed by atoms with van der Waals surface area (Å²) >= 11 is 0. The molecular formula is C17H21N3O2. The van der Waals surface area contributed by atoms with Gasteiger partial charge < -0.3 is 5.32 Å². The van der Waals surface area contributed by atoms with Gasteiger partial charge in [0.2, 0.25) is 5.91 Å². The largest absolute Gasteiger partial charge is 0.352 e. The lowest BCUT2D eigenvalue weighted by Crippen LogP contribution is -2.43. The number of carbonyl (C=O) groups is 1. The molecule has 2 atom stereocenters. The topological polar surface area (TPSA) is 64.0 Å². The second-order valence-corrected chi connectivity index (χ2v) is 6.11. The van der Waals surface area contributed by atoms with Crippen LogP contribution in [0.25, 0.3) is 11.0 Å². The number of carbonyl (C=O) groups excluding carboxylic acids is 1. The van der Waals surface area contributed by atoms with Crippen LogP contribution in [0.1, 0.15) is 32.6 Å². The summed E-state index contributed by atoms with van der Waals surface area (Å²) in [6.45, 7) is 2.23. The van der Waals surface area contributed by atoms with E-state index in [0.29, 0.717) is 11.4 Å². The molecule has 22 heavy (non-hydrogen) atoms. The van der Waals surface area contributed by atoms with Gasteiger partial charge >= 0.3 is 0 Å². The van der Waals surface area contributed by atoms with Gasteiger partial charge in [-0.1, -0.05) is 31.9 Å². The number of hydrogen-bond acceptors (Lipinski definition) is 3. The van der Waals surface area contributed by atoms with Gasteiger partial charge in [0.1, 0.15) is 6.54 Å². The Labute approximate surface area is 129 Å². The highest BCUT2D eigenvalue weighted by Crippen LogP contribution is 2.23. The molecule has 1 saturated carbocycles. The van der Waals surface area contributed by atoms with Crippen LogP contribution in [0.5, 0.6) is 0 Å². The van der Waals surface area contributed by atoms with Crippen LogP contribution in [0.4, 0.5) is 0 Å². The number of amides is 1. The van der Waals surface area contributed by atoms with Crippen LogP contribution in [-0.2, 0) is 11.3 Å². The fourth-order valence-corrected chi connectivity index (χ4v) is 3.20. The number of para-hydroxylation sites is 2. The van der Waals surface area contributed by atoms with E-state index in [2.05, 4.69) is 17.2 Å². The van der Waals surface area contributed by atoms with Crippen molar-refractivity contribution in [2.75, 3.05) is 0 Å². The number of nitrogens with zero attached hydrogens (tertiary/aromatic N) is 2. The van der Waals surface area contributed by atoms with Crippen molar-refractivity contribution >= 4 is 16.9 Å². The van der Waals surface area contributed by atoms with Gasteiger partial charge in [-0.15, -0.1) is 0 Å². The minimum absolute atomic E-state index is 0.0467. The quantitative estimate of drug-likeness (QED) is 0.944. The molecule has 0 radical (unpaired) electrons. The van der Waals surface area contributed by atoms with E-state index in [0.717, 1.165) is 24.8 Å². The van der Waals surface area contributed by atoms with E-state index in [9.17, 15) is 9.59 Å². The minimum Gasteiger partial charge on any atom is -0.352 e. The summed E-state index contributed by atoms with van der Waals surface area (Å²) < 4.78 is 1.49. The summed E-state index contributed by atoms with van der Waals surface area (Å²) in [5, 5.41) is 3.09. The zero-order valence-electron chi connectivity index (χ0n) is 12.8. The maximum absolute atomic E-state index is 12.3. The molecule has 5 nitrogen and oxygen atoms in total. The molecule has 116 valence electrons. The summed E-state index contributed by atoms with van der Waals surface area (Å²) in [7, 11) is 0. The summed E-state index contributed by atoms with van der Waals surface area (Å²) in [5.41, 5.74) is 1.17.